The number of pyridine rings is 2. The Morgan fingerprint density at radius 1 is 1.19 bits per heavy atom. The number of aliphatic hydroxyl groups excluding tert-OH is 1. The molecule has 0 spiro atoms. The van der Waals surface area contributed by atoms with E-state index in [9.17, 15) is 9.90 Å². The second-order valence-electron chi connectivity index (χ2n) is 9.48. The molecule has 6 heterocycles. The van der Waals surface area contributed by atoms with Crippen molar-refractivity contribution in [2.24, 2.45) is 0 Å². The van der Waals surface area contributed by atoms with Gasteiger partial charge in [0, 0.05) is 60.1 Å². The summed E-state index contributed by atoms with van der Waals surface area (Å²) in [5.74, 6) is 1.07. The van der Waals surface area contributed by atoms with Crippen molar-refractivity contribution in [3.05, 3.63) is 52.5 Å². The second-order valence-corrected chi connectivity index (χ2v) is 10.3. The number of halogens is 1. The summed E-state index contributed by atoms with van der Waals surface area (Å²) in [5, 5.41) is 14.1. The van der Waals surface area contributed by atoms with Crippen molar-refractivity contribution in [2.75, 3.05) is 25.4 Å². The third-order valence-corrected chi connectivity index (χ3v) is 7.92. The smallest absolute Gasteiger partial charge is 0.251 e. The lowest BCUT2D eigenvalue weighted by Gasteiger charge is -2.33. The zero-order valence-corrected chi connectivity index (χ0v) is 21.8. The first-order chi connectivity index (χ1) is 17.9. The molecule has 2 aliphatic rings. The molecule has 190 valence electrons. The van der Waals surface area contributed by atoms with Crippen molar-refractivity contribution in [2.45, 2.75) is 38.2 Å². The van der Waals surface area contributed by atoms with Gasteiger partial charge in [-0.3, -0.25) is 9.78 Å². The van der Waals surface area contributed by atoms with Crippen molar-refractivity contribution in [1.82, 2.24) is 29.5 Å². The fourth-order valence-electron chi connectivity index (χ4n) is 5.05. The van der Waals surface area contributed by atoms with Crippen molar-refractivity contribution in [1.29, 1.82) is 0 Å². The fraction of sp³-hybridized carbons (Fsp3) is 0.346. The van der Waals surface area contributed by atoms with E-state index in [2.05, 4.69) is 37.1 Å². The van der Waals surface area contributed by atoms with Crippen molar-refractivity contribution >= 4 is 33.3 Å². The molecule has 0 radical (unpaired) electrons. The molecule has 6 rings (SSSR count). The number of nitrogens with two attached hydrogens (primary N) is 1. The number of anilines is 1. The number of carbonyl (C=O) groups is 1. The van der Waals surface area contributed by atoms with Crippen LogP contribution in [-0.2, 0) is 11.2 Å². The largest absolute Gasteiger partial charge is 0.477 e. The maximum absolute atomic E-state index is 12.2. The van der Waals surface area contributed by atoms with E-state index < -0.39 is 6.10 Å². The molecule has 0 bridgehead atoms. The molecule has 0 aromatic carbocycles. The van der Waals surface area contributed by atoms with E-state index in [1.54, 1.807) is 21.8 Å². The molecule has 1 saturated heterocycles. The summed E-state index contributed by atoms with van der Waals surface area (Å²) in [4.78, 5) is 28.0. The van der Waals surface area contributed by atoms with Crippen LogP contribution < -0.4 is 10.5 Å². The highest BCUT2D eigenvalue weighted by molar-refractivity contribution is 9.10. The molecule has 3 N–H and O–H groups in total. The summed E-state index contributed by atoms with van der Waals surface area (Å²) in [5.41, 5.74) is 12.6. The Balaban J connectivity index is 1.30. The van der Waals surface area contributed by atoms with Crippen LogP contribution in [0.2, 0.25) is 0 Å². The van der Waals surface area contributed by atoms with E-state index in [1.807, 2.05) is 18.3 Å². The van der Waals surface area contributed by atoms with Gasteiger partial charge in [0.2, 0.25) is 5.88 Å². The number of rotatable bonds is 4. The van der Waals surface area contributed by atoms with Gasteiger partial charge in [0.1, 0.15) is 11.9 Å². The van der Waals surface area contributed by atoms with Gasteiger partial charge in [-0.2, -0.15) is 9.61 Å². The maximum atomic E-state index is 12.2. The number of hydrogen-bond donors (Lipinski definition) is 2. The molecule has 2 aliphatic heterocycles. The standard InChI is InChI=1S/C26H26BrN7O3/c1-14(35)26(36)33-7-4-15(5-8-33)22-21(27)23(28)34-24(32-22)19(13-31-34)17-2-3-20(29-11-17)18-10-16-6-9-37-25(16)30-12-18/h2-3,10-15,35H,4-9,28H2,1H3/t14-/m1/s1. The van der Waals surface area contributed by atoms with Gasteiger partial charge in [0.05, 0.1) is 28.7 Å². The Morgan fingerprint density at radius 3 is 2.70 bits per heavy atom. The second kappa shape index (κ2) is 9.38. The zero-order chi connectivity index (χ0) is 25.7. The molecule has 0 saturated carbocycles. The lowest BCUT2D eigenvalue weighted by molar-refractivity contribution is -0.140. The average Bonchev–Trinajstić information content (AvgIpc) is 3.57. The summed E-state index contributed by atoms with van der Waals surface area (Å²) >= 11 is 3.63. The van der Waals surface area contributed by atoms with Crippen LogP contribution >= 0.6 is 15.9 Å². The minimum absolute atomic E-state index is 0.124. The number of hydrogen-bond acceptors (Lipinski definition) is 8. The number of nitrogens with zero attached hydrogens (tertiary/aromatic N) is 6. The summed E-state index contributed by atoms with van der Waals surface area (Å²) in [7, 11) is 0. The highest BCUT2D eigenvalue weighted by Gasteiger charge is 2.29. The average molecular weight is 564 g/mol. The van der Waals surface area contributed by atoms with Crippen LogP contribution in [0.1, 0.15) is 36.9 Å². The highest BCUT2D eigenvalue weighted by Crippen LogP contribution is 2.37. The van der Waals surface area contributed by atoms with E-state index in [-0.39, 0.29) is 11.8 Å². The Kier molecular flexibility index (Phi) is 6.04. The third kappa shape index (κ3) is 4.21. The zero-order valence-electron chi connectivity index (χ0n) is 20.3. The SMILES string of the molecule is C[C@@H](O)C(=O)N1CCC(c2nc3c(-c4ccc(-c5cnc6c(c5)CCO6)nc4)cnn3c(N)c2Br)CC1. The molecular formula is C26H26BrN7O3. The summed E-state index contributed by atoms with van der Waals surface area (Å²) in [6.45, 7) is 3.30. The Labute approximate surface area is 221 Å². The van der Waals surface area contributed by atoms with Crippen LogP contribution in [0.25, 0.3) is 28.0 Å². The Morgan fingerprint density at radius 2 is 1.97 bits per heavy atom. The van der Waals surface area contributed by atoms with Gasteiger partial charge < -0.3 is 20.5 Å². The predicted molar refractivity (Wildman–Crippen MR) is 141 cm³/mol. The number of amides is 1. The quantitative estimate of drug-likeness (QED) is 0.386. The van der Waals surface area contributed by atoms with Gasteiger partial charge in [0.15, 0.2) is 5.65 Å². The first kappa shape index (κ1) is 23.8. The Hall–Kier alpha value is -3.57. The number of ether oxygens (including phenoxy) is 1. The first-order valence-electron chi connectivity index (χ1n) is 12.3. The minimum Gasteiger partial charge on any atom is -0.477 e. The van der Waals surface area contributed by atoms with Gasteiger partial charge >= 0.3 is 0 Å². The van der Waals surface area contributed by atoms with Crippen molar-refractivity contribution < 1.29 is 14.6 Å². The lowest BCUT2D eigenvalue weighted by atomic mass is 9.93. The molecule has 0 unspecified atom stereocenters. The topological polar surface area (TPSA) is 132 Å². The monoisotopic (exact) mass is 563 g/mol. The first-order valence-corrected chi connectivity index (χ1v) is 13.1. The van der Waals surface area contributed by atoms with Gasteiger partial charge in [-0.15, -0.1) is 0 Å². The molecule has 37 heavy (non-hydrogen) atoms. The van der Waals surface area contributed by atoms with E-state index in [0.717, 1.165) is 57.4 Å². The molecule has 1 amide bonds. The molecule has 1 atom stereocenters. The molecule has 0 aliphatic carbocycles. The normalized spacial score (nSPS) is 16.6. The number of aromatic nitrogens is 5. The molecular weight excluding hydrogens is 538 g/mol. The maximum Gasteiger partial charge on any atom is 0.251 e. The molecule has 4 aromatic rings. The van der Waals surface area contributed by atoms with Crippen molar-refractivity contribution in [3.8, 4) is 28.3 Å². The Bertz CT molecular complexity index is 1490. The molecule has 10 nitrogen and oxygen atoms in total. The van der Waals surface area contributed by atoms with Gasteiger partial charge in [-0.05, 0) is 47.8 Å². The molecule has 11 heteroatoms. The third-order valence-electron chi connectivity index (χ3n) is 7.10. The van der Waals surface area contributed by atoms with Gasteiger partial charge in [-0.25, -0.2) is 9.97 Å². The lowest BCUT2D eigenvalue weighted by Crippen LogP contribution is -2.42. The minimum atomic E-state index is -0.990. The molecule has 4 aromatic heterocycles. The van der Waals surface area contributed by atoms with E-state index in [1.165, 1.54) is 6.92 Å². The van der Waals surface area contributed by atoms with E-state index >= 15 is 0 Å². The number of nitrogen functional groups attached to an aromatic ring is 1. The number of fused-ring (bicyclic) bond motifs is 2. The summed E-state index contributed by atoms with van der Waals surface area (Å²) < 4.78 is 7.86. The van der Waals surface area contributed by atoms with Crippen LogP contribution in [0.15, 0.2) is 41.3 Å². The summed E-state index contributed by atoms with van der Waals surface area (Å²) in [6, 6.07) is 6.05. The highest BCUT2D eigenvalue weighted by atomic mass is 79.9. The van der Waals surface area contributed by atoms with Crippen LogP contribution in [0.5, 0.6) is 5.88 Å². The van der Waals surface area contributed by atoms with Crippen LogP contribution in [0.3, 0.4) is 0 Å². The van der Waals surface area contributed by atoms with Crippen LogP contribution in [-0.4, -0.2) is 66.3 Å². The van der Waals surface area contributed by atoms with Gasteiger partial charge in [0.25, 0.3) is 5.91 Å². The van der Waals surface area contributed by atoms with E-state index in [4.69, 9.17) is 15.5 Å². The summed E-state index contributed by atoms with van der Waals surface area (Å²) in [6.07, 6.45) is 6.69. The van der Waals surface area contributed by atoms with Crippen molar-refractivity contribution in [3.63, 3.8) is 0 Å². The number of carbonyl (C=O) groups excluding carboxylic acids is 1. The van der Waals surface area contributed by atoms with Crippen LogP contribution in [0, 0.1) is 0 Å². The van der Waals surface area contributed by atoms with E-state index in [0.29, 0.717) is 37.0 Å². The van der Waals surface area contributed by atoms with Gasteiger partial charge in [-0.1, -0.05) is 6.07 Å². The number of aliphatic hydroxyl groups is 1. The number of likely N-dealkylation sites (tertiary alicyclic amines) is 1. The number of piperidine rings is 1. The van der Waals surface area contributed by atoms with Crippen LogP contribution in [0.4, 0.5) is 5.82 Å². The predicted octanol–water partition coefficient (Wildman–Crippen LogP) is 3.22. The molecule has 1 fully saturated rings. The fourth-order valence-corrected chi connectivity index (χ4v) is 5.63.